The molecule has 0 aliphatic heterocycles. The lowest BCUT2D eigenvalue weighted by molar-refractivity contribution is 0.0531. The molecule has 1 aromatic heterocycles. The number of esters is 1. The summed E-state index contributed by atoms with van der Waals surface area (Å²) in [6.07, 6.45) is 2.94. The molecule has 1 aliphatic rings. The molecule has 7 nitrogen and oxygen atoms in total. The molecular weight excluding hydrogens is 406 g/mol. The normalized spacial score (nSPS) is 14.3. The summed E-state index contributed by atoms with van der Waals surface area (Å²) in [6, 6.07) is 5.12. The Bertz CT molecular complexity index is 992. The van der Waals surface area contributed by atoms with Crippen molar-refractivity contribution >= 4 is 23.1 Å². The number of methoxy groups -OCH3 is 2. The van der Waals surface area contributed by atoms with Gasteiger partial charge in [-0.3, -0.25) is 4.79 Å². The van der Waals surface area contributed by atoms with Crippen molar-refractivity contribution in [1.82, 2.24) is 4.90 Å². The number of benzene rings is 1. The zero-order valence-electron chi connectivity index (χ0n) is 17.7. The molecule has 3 rings (SSSR count). The highest BCUT2D eigenvalue weighted by molar-refractivity contribution is 7.16. The summed E-state index contributed by atoms with van der Waals surface area (Å²) in [7, 11) is 6.83. The second kappa shape index (κ2) is 9.21. The molecule has 0 bridgehead atoms. The van der Waals surface area contributed by atoms with Crippen molar-refractivity contribution in [3.8, 4) is 22.3 Å². The molecule has 0 unspecified atom stereocenters. The van der Waals surface area contributed by atoms with Gasteiger partial charge in [0.25, 0.3) is 0 Å². The van der Waals surface area contributed by atoms with Gasteiger partial charge < -0.3 is 23.8 Å². The van der Waals surface area contributed by atoms with Crippen LogP contribution in [0.1, 0.15) is 38.9 Å². The monoisotopic (exact) mass is 431 g/mol. The smallest absolute Gasteiger partial charge is 0.348 e. The first-order valence-corrected chi connectivity index (χ1v) is 10.4. The predicted octanol–water partition coefficient (Wildman–Crippen LogP) is 4.31. The minimum atomic E-state index is -0.436. The van der Waals surface area contributed by atoms with Crippen molar-refractivity contribution in [2.24, 2.45) is 0 Å². The van der Waals surface area contributed by atoms with Crippen molar-refractivity contribution in [2.75, 3.05) is 34.9 Å². The van der Waals surface area contributed by atoms with Gasteiger partial charge in [-0.15, -0.1) is 0 Å². The lowest BCUT2D eigenvalue weighted by atomic mass is 9.88. The third-order valence-corrected chi connectivity index (χ3v) is 5.67. The molecule has 0 saturated carbocycles. The Labute approximate surface area is 179 Å². The lowest BCUT2D eigenvalue weighted by Crippen LogP contribution is -2.18. The Morgan fingerprint density at radius 2 is 1.90 bits per heavy atom. The number of carbonyl (C=O) groups excluding carboxylic acids is 2. The number of carbonyl (C=O) groups is 2. The van der Waals surface area contributed by atoms with Crippen LogP contribution in [0.5, 0.6) is 22.3 Å². The highest BCUT2D eigenvalue weighted by atomic mass is 32.1. The van der Waals surface area contributed by atoms with E-state index in [1.165, 1.54) is 7.11 Å². The molecule has 30 heavy (non-hydrogen) atoms. The minimum absolute atomic E-state index is 0.132. The molecule has 0 spiro atoms. The van der Waals surface area contributed by atoms with Gasteiger partial charge in [-0.1, -0.05) is 11.3 Å². The van der Waals surface area contributed by atoms with E-state index in [4.69, 9.17) is 18.9 Å². The third kappa shape index (κ3) is 4.28. The van der Waals surface area contributed by atoms with Crippen molar-refractivity contribution in [1.29, 1.82) is 0 Å². The first-order chi connectivity index (χ1) is 14.4. The molecule has 1 aromatic carbocycles. The number of fused-ring (bicyclic) bond motifs is 1. The molecule has 0 radical (unpaired) electrons. The average Bonchev–Trinajstić information content (AvgIpc) is 3.09. The zero-order chi connectivity index (χ0) is 21.8. The fourth-order valence-electron chi connectivity index (χ4n) is 3.30. The maximum absolute atomic E-state index is 13.2. The van der Waals surface area contributed by atoms with Crippen molar-refractivity contribution in [3.05, 3.63) is 46.0 Å². The van der Waals surface area contributed by atoms with E-state index in [1.807, 2.05) is 25.2 Å². The fraction of sp³-hybridized carbons (Fsp3) is 0.364. The van der Waals surface area contributed by atoms with Gasteiger partial charge in [0.1, 0.15) is 10.6 Å². The molecule has 0 saturated heterocycles. The van der Waals surface area contributed by atoms with E-state index in [0.29, 0.717) is 56.7 Å². The van der Waals surface area contributed by atoms with Crippen LogP contribution in [-0.2, 0) is 11.2 Å². The molecule has 1 heterocycles. The summed E-state index contributed by atoms with van der Waals surface area (Å²) in [6.45, 7) is 2.01. The van der Waals surface area contributed by atoms with Crippen LogP contribution in [0.2, 0.25) is 0 Å². The second-order valence-electron chi connectivity index (χ2n) is 6.86. The Kier molecular flexibility index (Phi) is 6.66. The van der Waals surface area contributed by atoms with Gasteiger partial charge in [0, 0.05) is 31.9 Å². The third-order valence-electron chi connectivity index (χ3n) is 4.58. The Morgan fingerprint density at radius 1 is 1.17 bits per heavy atom. The number of hydrogen-bond acceptors (Lipinski definition) is 8. The maximum atomic E-state index is 13.2. The van der Waals surface area contributed by atoms with Gasteiger partial charge in [0.05, 0.1) is 26.4 Å². The van der Waals surface area contributed by atoms with Gasteiger partial charge in [0.2, 0.25) is 0 Å². The van der Waals surface area contributed by atoms with Crippen LogP contribution >= 0.6 is 11.3 Å². The number of ketones is 1. The number of thiophene rings is 1. The standard InChI is InChI=1S/C22H25NO6S/c1-6-28-21(25)20-15-9-7-13(12-23(2)3)19(24)18(15)22(30-20)29-14-8-10-16(26-4)17(11-14)27-5/h8,10-12H,6-7,9H2,1-5H3/b13-12+. The summed E-state index contributed by atoms with van der Waals surface area (Å²) in [4.78, 5) is 28.0. The van der Waals surface area contributed by atoms with Crippen molar-refractivity contribution < 1.29 is 28.5 Å². The van der Waals surface area contributed by atoms with E-state index in [1.54, 1.807) is 32.2 Å². The molecule has 0 N–H and O–H groups in total. The Morgan fingerprint density at radius 3 is 2.53 bits per heavy atom. The molecule has 0 fully saturated rings. The maximum Gasteiger partial charge on any atom is 0.348 e. The van der Waals surface area contributed by atoms with Gasteiger partial charge in [-0.25, -0.2) is 4.79 Å². The molecule has 1 aliphatic carbocycles. The SMILES string of the molecule is CCOC(=O)c1sc(Oc2ccc(OC)c(OC)c2)c2c1CC/C(=C\N(C)C)C2=O. The van der Waals surface area contributed by atoms with Gasteiger partial charge in [-0.05, 0) is 37.5 Å². The Hall–Kier alpha value is -3.00. The number of nitrogens with zero attached hydrogens (tertiary/aromatic N) is 1. The summed E-state index contributed by atoms with van der Waals surface area (Å²) in [5, 5.41) is 0.370. The predicted molar refractivity (Wildman–Crippen MR) is 114 cm³/mol. The van der Waals surface area contributed by atoms with E-state index >= 15 is 0 Å². The fourth-order valence-corrected chi connectivity index (χ4v) is 4.41. The summed E-state index contributed by atoms with van der Waals surface area (Å²) < 4.78 is 21.8. The number of Topliss-reactive ketones (excluding diaryl/α,β-unsaturated/α-hetero) is 1. The highest BCUT2D eigenvalue weighted by Gasteiger charge is 2.34. The largest absolute Gasteiger partial charge is 0.493 e. The molecule has 0 amide bonds. The van der Waals surface area contributed by atoms with E-state index in [0.717, 1.165) is 11.3 Å². The molecule has 2 aromatic rings. The number of ether oxygens (including phenoxy) is 4. The quantitative estimate of drug-likeness (QED) is 0.478. The first-order valence-electron chi connectivity index (χ1n) is 9.54. The van der Waals surface area contributed by atoms with Crippen molar-refractivity contribution in [2.45, 2.75) is 19.8 Å². The summed E-state index contributed by atoms with van der Waals surface area (Å²) in [5.41, 5.74) is 1.80. The van der Waals surface area contributed by atoms with Gasteiger partial charge in [-0.2, -0.15) is 0 Å². The van der Waals surface area contributed by atoms with Crippen LogP contribution in [0, 0.1) is 0 Å². The zero-order valence-corrected chi connectivity index (χ0v) is 18.6. The van der Waals surface area contributed by atoms with E-state index in [9.17, 15) is 9.59 Å². The van der Waals surface area contributed by atoms with Crippen LogP contribution in [-0.4, -0.2) is 51.6 Å². The Balaban J connectivity index is 2.06. The molecular formula is C22H25NO6S. The molecule has 0 atom stereocenters. The molecule has 8 heteroatoms. The van der Waals surface area contributed by atoms with Gasteiger partial charge in [0.15, 0.2) is 22.3 Å². The number of hydrogen-bond donors (Lipinski definition) is 0. The van der Waals surface area contributed by atoms with Crippen LogP contribution in [0.25, 0.3) is 0 Å². The van der Waals surface area contributed by atoms with Crippen LogP contribution in [0.4, 0.5) is 0 Å². The summed E-state index contributed by atoms with van der Waals surface area (Å²) >= 11 is 1.14. The topological polar surface area (TPSA) is 74.3 Å². The van der Waals surface area contributed by atoms with Crippen molar-refractivity contribution in [3.63, 3.8) is 0 Å². The van der Waals surface area contributed by atoms with Gasteiger partial charge >= 0.3 is 5.97 Å². The highest BCUT2D eigenvalue weighted by Crippen LogP contribution is 2.44. The second-order valence-corrected chi connectivity index (χ2v) is 7.84. The van der Waals surface area contributed by atoms with Crippen LogP contribution in [0.3, 0.4) is 0 Å². The van der Waals surface area contributed by atoms with E-state index in [2.05, 4.69) is 0 Å². The van der Waals surface area contributed by atoms with Crippen LogP contribution < -0.4 is 14.2 Å². The number of rotatable bonds is 7. The van der Waals surface area contributed by atoms with Crippen LogP contribution in [0.15, 0.2) is 30.0 Å². The average molecular weight is 432 g/mol. The first kappa shape index (κ1) is 21.7. The summed E-state index contributed by atoms with van der Waals surface area (Å²) in [5.74, 6) is 0.979. The molecule has 160 valence electrons. The minimum Gasteiger partial charge on any atom is -0.493 e. The lowest BCUT2D eigenvalue weighted by Gasteiger charge is -2.18. The van der Waals surface area contributed by atoms with E-state index < -0.39 is 5.97 Å². The van der Waals surface area contributed by atoms with E-state index in [-0.39, 0.29) is 12.4 Å². The number of allylic oxidation sites excluding steroid dienone is 1.